The Hall–Kier alpha value is -1.66. The van der Waals surface area contributed by atoms with E-state index in [1.165, 1.54) is 7.11 Å². The zero-order valence-electron chi connectivity index (χ0n) is 12.1. The Kier molecular flexibility index (Phi) is 5.74. The minimum atomic E-state index is -1.00. The number of thioether (sulfide) groups is 1. The predicted octanol–water partition coefficient (Wildman–Crippen LogP) is 4.46. The Labute approximate surface area is 141 Å². The summed E-state index contributed by atoms with van der Waals surface area (Å²) in [6, 6.07) is 11.2. The van der Waals surface area contributed by atoms with Crippen molar-refractivity contribution in [1.29, 1.82) is 0 Å². The Morgan fingerprint density at radius 1 is 1.23 bits per heavy atom. The van der Waals surface area contributed by atoms with Crippen molar-refractivity contribution in [3.8, 4) is 11.5 Å². The van der Waals surface area contributed by atoms with Gasteiger partial charge in [-0.15, -0.1) is 11.8 Å². The van der Waals surface area contributed by atoms with Crippen molar-refractivity contribution in [3.63, 3.8) is 0 Å². The summed E-state index contributed by atoms with van der Waals surface area (Å²) in [5.41, 5.74) is 0.896. The molecule has 0 aliphatic carbocycles. The molecule has 0 radical (unpaired) electrons. The van der Waals surface area contributed by atoms with Gasteiger partial charge in [0.15, 0.2) is 0 Å². The number of carboxylic acid groups (broad SMARTS) is 1. The first kappa shape index (κ1) is 16.7. The lowest BCUT2D eigenvalue weighted by atomic mass is 10.1. The fourth-order valence-corrected chi connectivity index (χ4v) is 3.43. The molecule has 6 heteroatoms. The van der Waals surface area contributed by atoms with Crippen LogP contribution >= 0.6 is 27.7 Å². The standard InChI is InChI=1S/C16H15BrO4S/c1-20-11-4-3-5-12(8-11)22-9-10-6-7-13(17)15(21-2)14(10)16(18)19/h3-8H,9H2,1-2H3,(H,18,19). The van der Waals surface area contributed by atoms with Crippen molar-refractivity contribution in [2.24, 2.45) is 0 Å². The first-order valence-electron chi connectivity index (χ1n) is 6.42. The molecule has 0 heterocycles. The molecular weight excluding hydrogens is 368 g/mol. The van der Waals surface area contributed by atoms with E-state index in [-0.39, 0.29) is 5.56 Å². The van der Waals surface area contributed by atoms with Gasteiger partial charge in [-0.05, 0) is 45.8 Å². The van der Waals surface area contributed by atoms with Crippen LogP contribution in [-0.2, 0) is 5.75 Å². The molecule has 0 spiro atoms. The van der Waals surface area contributed by atoms with Crippen molar-refractivity contribution in [1.82, 2.24) is 0 Å². The third-order valence-electron chi connectivity index (χ3n) is 3.05. The van der Waals surface area contributed by atoms with E-state index in [1.54, 1.807) is 31.0 Å². The third-order valence-corrected chi connectivity index (χ3v) is 4.72. The van der Waals surface area contributed by atoms with Crippen LogP contribution in [0.3, 0.4) is 0 Å². The number of hydrogen-bond donors (Lipinski definition) is 1. The van der Waals surface area contributed by atoms with E-state index in [0.717, 1.165) is 10.6 Å². The molecule has 0 unspecified atom stereocenters. The van der Waals surface area contributed by atoms with Gasteiger partial charge in [0.1, 0.15) is 17.1 Å². The van der Waals surface area contributed by atoms with Gasteiger partial charge in [0.25, 0.3) is 0 Å². The number of carboxylic acids is 1. The Morgan fingerprint density at radius 3 is 2.64 bits per heavy atom. The first-order valence-corrected chi connectivity index (χ1v) is 8.20. The molecule has 0 saturated carbocycles. The number of benzene rings is 2. The lowest BCUT2D eigenvalue weighted by molar-refractivity contribution is 0.0692. The molecule has 22 heavy (non-hydrogen) atoms. The van der Waals surface area contributed by atoms with Crippen LogP contribution in [0.2, 0.25) is 0 Å². The summed E-state index contributed by atoms with van der Waals surface area (Å²) < 4.78 is 11.0. The second kappa shape index (κ2) is 7.56. The maximum Gasteiger partial charge on any atom is 0.339 e. The second-order valence-corrected chi connectivity index (χ2v) is 6.29. The number of ether oxygens (including phenoxy) is 2. The minimum Gasteiger partial charge on any atom is -0.497 e. The molecule has 0 bridgehead atoms. The highest BCUT2D eigenvalue weighted by atomic mass is 79.9. The van der Waals surface area contributed by atoms with Crippen LogP contribution in [0.1, 0.15) is 15.9 Å². The molecule has 0 saturated heterocycles. The minimum absolute atomic E-state index is 0.187. The first-order chi connectivity index (χ1) is 10.6. The van der Waals surface area contributed by atoms with Gasteiger partial charge < -0.3 is 14.6 Å². The number of aromatic carboxylic acids is 1. The largest absolute Gasteiger partial charge is 0.497 e. The van der Waals surface area contributed by atoms with Gasteiger partial charge in [-0.2, -0.15) is 0 Å². The van der Waals surface area contributed by atoms with Crippen LogP contribution in [0.4, 0.5) is 0 Å². The molecule has 0 aromatic heterocycles. The zero-order valence-corrected chi connectivity index (χ0v) is 14.5. The summed E-state index contributed by atoms with van der Waals surface area (Å²) >= 11 is 4.86. The highest BCUT2D eigenvalue weighted by Crippen LogP contribution is 2.35. The van der Waals surface area contributed by atoms with Gasteiger partial charge >= 0.3 is 5.97 Å². The fraction of sp³-hybridized carbons (Fsp3) is 0.188. The van der Waals surface area contributed by atoms with Crippen LogP contribution in [0, 0.1) is 0 Å². The lowest BCUT2D eigenvalue weighted by Crippen LogP contribution is -2.05. The maximum atomic E-state index is 11.5. The van der Waals surface area contributed by atoms with E-state index in [9.17, 15) is 9.90 Å². The molecule has 116 valence electrons. The van der Waals surface area contributed by atoms with E-state index in [4.69, 9.17) is 9.47 Å². The number of hydrogen-bond acceptors (Lipinski definition) is 4. The van der Waals surface area contributed by atoms with Gasteiger partial charge in [-0.25, -0.2) is 4.79 Å². The number of rotatable bonds is 6. The molecule has 1 N–H and O–H groups in total. The van der Waals surface area contributed by atoms with E-state index < -0.39 is 5.97 Å². The fourth-order valence-electron chi connectivity index (χ4n) is 2.00. The molecule has 0 aliphatic rings. The van der Waals surface area contributed by atoms with Crippen molar-refractivity contribution in [3.05, 3.63) is 52.0 Å². The molecule has 0 amide bonds. The number of halogens is 1. The quantitative estimate of drug-likeness (QED) is 0.747. The lowest BCUT2D eigenvalue weighted by Gasteiger charge is -2.12. The van der Waals surface area contributed by atoms with Crippen LogP contribution in [0.5, 0.6) is 11.5 Å². The van der Waals surface area contributed by atoms with Crippen LogP contribution in [-0.4, -0.2) is 25.3 Å². The summed E-state index contributed by atoms with van der Waals surface area (Å²) in [5, 5.41) is 9.45. The second-order valence-electron chi connectivity index (χ2n) is 4.39. The van der Waals surface area contributed by atoms with Gasteiger partial charge in [0.2, 0.25) is 0 Å². The summed E-state index contributed by atoms with van der Waals surface area (Å²) in [6.07, 6.45) is 0. The van der Waals surface area contributed by atoms with E-state index in [1.807, 2.05) is 24.3 Å². The van der Waals surface area contributed by atoms with Crippen molar-refractivity contribution < 1.29 is 19.4 Å². The van der Waals surface area contributed by atoms with E-state index in [2.05, 4.69) is 15.9 Å². The Morgan fingerprint density at radius 2 is 2.00 bits per heavy atom. The number of methoxy groups -OCH3 is 2. The molecule has 2 aromatic carbocycles. The van der Waals surface area contributed by atoms with Gasteiger partial charge in [0, 0.05) is 10.6 Å². The Bertz CT molecular complexity index is 688. The SMILES string of the molecule is COc1cccc(SCc2ccc(Br)c(OC)c2C(=O)O)c1. The molecule has 4 nitrogen and oxygen atoms in total. The molecular formula is C16H15BrO4S. The van der Waals surface area contributed by atoms with Crippen molar-refractivity contribution in [2.45, 2.75) is 10.6 Å². The third kappa shape index (κ3) is 3.75. The number of carbonyl (C=O) groups is 1. The smallest absolute Gasteiger partial charge is 0.339 e. The van der Waals surface area contributed by atoms with Crippen molar-refractivity contribution in [2.75, 3.05) is 14.2 Å². The van der Waals surface area contributed by atoms with Crippen LogP contribution in [0.25, 0.3) is 0 Å². The Balaban J connectivity index is 2.27. The highest BCUT2D eigenvalue weighted by molar-refractivity contribution is 9.10. The van der Waals surface area contributed by atoms with Crippen LogP contribution < -0.4 is 9.47 Å². The summed E-state index contributed by atoms with van der Waals surface area (Å²) in [5.74, 6) is 0.644. The van der Waals surface area contributed by atoms with Gasteiger partial charge in [0.05, 0.1) is 18.7 Å². The summed E-state index contributed by atoms with van der Waals surface area (Å²) in [6.45, 7) is 0. The topological polar surface area (TPSA) is 55.8 Å². The average molecular weight is 383 g/mol. The highest BCUT2D eigenvalue weighted by Gasteiger charge is 2.19. The maximum absolute atomic E-state index is 11.5. The van der Waals surface area contributed by atoms with Crippen molar-refractivity contribution >= 4 is 33.7 Å². The van der Waals surface area contributed by atoms with Crippen LogP contribution in [0.15, 0.2) is 45.8 Å². The summed E-state index contributed by atoms with van der Waals surface area (Å²) in [4.78, 5) is 12.5. The molecule has 2 rings (SSSR count). The zero-order chi connectivity index (χ0) is 16.1. The normalized spacial score (nSPS) is 10.3. The summed E-state index contributed by atoms with van der Waals surface area (Å²) in [7, 11) is 3.08. The van der Waals surface area contributed by atoms with E-state index >= 15 is 0 Å². The molecule has 0 aliphatic heterocycles. The molecule has 0 atom stereocenters. The van der Waals surface area contributed by atoms with Gasteiger partial charge in [-0.1, -0.05) is 12.1 Å². The van der Waals surface area contributed by atoms with Gasteiger partial charge in [-0.3, -0.25) is 0 Å². The average Bonchev–Trinajstić information content (AvgIpc) is 2.53. The predicted molar refractivity (Wildman–Crippen MR) is 90.2 cm³/mol. The molecule has 0 fully saturated rings. The van der Waals surface area contributed by atoms with E-state index in [0.29, 0.717) is 21.5 Å². The molecule has 2 aromatic rings. The monoisotopic (exact) mass is 382 g/mol.